The van der Waals surface area contributed by atoms with E-state index < -0.39 is 5.82 Å². The van der Waals surface area contributed by atoms with E-state index in [4.69, 9.17) is 11.6 Å². The van der Waals surface area contributed by atoms with Crippen molar-refractivity contribution in [2.45, 2.75) is 6.54 Å². The second-order valence-electron chi connectivity index (χ2n) is 3.67. The molecule has 0 aliphatic heterocycles. The zero-order valence-electron chi connectivity index (χ0n) is 8.87. The molecule has 1 aromatic carbocycles. The third-order valence-corrected chi connectivity index (χ3v) is 2.62. The summed E-state index contributed by atoms with van der Waals surface area (Å²) in [5.74, 6) is -0.403. The zero-order valence-corrected chi connectivity index (χ0v) is 9.63. The van der Waals surface area contributed by atoms with Gasteiger partial charge in [-0.25, -0.2) is 4.39 Å². The zero-order chi connectivity index (χ0) is 11.5. The van der Waals surface area contributed by atoms with E-state index in [0.29, 0.717) is 6.54 Å². The van der Waals surface area contributed by atoms with Gasteiger partial charge in [0.25, 0.3) is 0 Å². The summed E-state index contributed by atoms with van der Waals surface area (Å²) in [6, 6.07) is 6.71. The smallest absolute Gasteiger partial charge is 0.143 e. The van der Waals surface area contributed by atoms with Crippen molar-refractivity contribution in [3.05, 3.63) is 53.1 Å². The van der Waals surface area contributed by atoms with Crippen LogP contribution >= 0.6 is 11.6 Å². The number of rotatable bonds is 3. The molecule has 0 amide bonds. The van der Waals surface area contributed by atoms with Crippen LogP contribution in [0, 0.1) is 5.82 Å². The molecule has 0 radical (unpaired) electrons. The van der Waals surface area contributed by atoms with E-state index in [9.17, 15) is 4.39 Å². The van der Waals surface area contributed by atoms with Crippen molar-refractivity contribution in [1.82, 2.24) is 4.57 Å². The number of nitrogens with one attached hydrogen (secondary N) is 1. The lowest BCUT2D eigenvalue weighted by molar-refractivity contribution is 0.628. The Balaban J connectivity index is 2.02. The first-order valence-corrected chi connectivity index (χ1v) is 5.33. The monoisotopic (exact) mass is 238 g/mol. The van der Waals surface area contributed by atoms with E-state index in [1.165, 1.54) is 6.07 Å². The van der Waals surface area contributed by atoms with Gasteiger partial charge >= 0.3 is 0 Å². The van der Waals surface area contributed by atoms with Gasteiger partial charge in [0.15, 0.2) is 0 Å². The third-order valence-electron chi connectivity index (χ3n) is 2.31. The van der Waals surface area contributed by atoms with Crippen LogP contribution in [0.2, 0.25) is 5.02 Å². The number of benzene rings is 1. The van der Waals surface area contributed by atoms with Gasteiger partial charge in [-0.05, 0) is 29.8 Å². The molecule has 0 atom stereocenters. The number of hydrogen-bond acceptors (Lipinski definition) is 1. The van der Waals surface area contributed by atoms with Gasteiger partial charge in [0.1, 0.15) is 5.82 Å². The predicted octanol–water partition coefficient (Wildman–Crippen LogP) is 3.43. The Hall–Kier alpha value is -1.48. The van der Waals surface area contributed by atoms with Crippen LogP contribution in [-0.2, 0) is 13.6 Å². The molecule has 1 heterocycles. The van der Waals surface area contributed by atoms with Crippen LogP contribution < -0.4 is 5.32 Å². The fourth-order valence-electron chi connectivity index (χ4n) is 1.48. The molecule has 2 nitrogen and oxygen atoms in total. The lowest BCUT2D eigenvalue weighted by Crippen LogP contribution is -1.98. The Morgan fingerprint density at radius 1 is 1.38 bits per heavy atom. The molecule has 0 bridgehead atoms. The largest absolute Gasteiger partial charge is 0.381 e. The second kappa shape index (κ2) is 4.58. The van der Waals surface area contributed by atoms with E-state index in [-0.39, 0.29) is 5.02 Å². The number of anilines is 1. The molecule has 1 N–H and O–H groups in total. The van der Waals surface area contributed by atoms with Crippen molar-refractivity contribution in [1.29, 1.82) is 0 Å². The minimum absolute atomic E-state index is 0.144. The average Bonchev–Trinajstić information content (AvgIpc) is 2.66. The molecule has 16 heavy (non-hydrogen) atoms. The summed E-state index contributed by atoms with van der Waals surface area (Å²) >= 11 is 5.60. The Bertz CT molecular complexity index is 494. The summed E-state index contributed by atoms with van der Waals surface area (Å²) in [5, 5.41) is 3.27. The van der Waals surface area contributed by atoms with Crippen molar-refractivity contribution in [3.63, 3.8) is 0 Å². The Kier molecular flexibility index (Phi) is 3.15. The van der Waals surface area contributed by atoms with Crippen LogP contribution in [-0.4, -0.2) is 4.57 Å². The molecular formula is C12H12ClFN2. The molecular weight excluding hydrogens is 227 g/mol. The summed E-state index contributed by atoms with van der Waals surface area (Å²) in [4.78, 5) is 0. The normalized spacial score (nSPS) is 10.4. The predicted molar refractivity (Wildman–Crippen MR) is 64.1 cm³/mol. The number of halogens is 2. The van der Waals surface area contributed by atoms with E-state index in [1.807, 2.05) is 30.1 Å². The minimum atomic E-state index is -0.403. The molecule has 0 aliphatic carbocycles. The number of aryl methyl sites for hydroxylation is 1. The number of nitrogens with zero attached hydrogens (tertiary/aromatic N) is 1. The maximum Gasteiger partial charge on any atom is 0.143 e. The highest BCUT2D eigenvalue weighted by atomic mass is 35.5. The Morgan fingerprint density at radius 2 is 2.19 bits per heavy atom. The maximum atomic E-state index is 13.1. The second-order valence-corrected chi connectivity index (χ2v) is 4.07. The third kappa shape index (κ3) is 2.55. The first kappa shape index (κ1) is 11.0. The van der Waals surface area contributed by atoms with Gasteiger partial charge in [-0.3, -0.25) is 0 Å². The SMILES string of the molecule is Cn1ccc(CNc2ccc(Cl)c(F)c2)c1. The molecule has 0 unspecified atom stereocenters. The fraction of sp³-hybridized carbons (Fsp3) is 0.167. The highest BCUT2D eigenvalue weighted by molar-refractivity contribution is 6.30. The average molecular weight is 239 g/mol. The fourth-order valence-corrected chi connectivity index (χ4v) is 1.59. The molecule has 2 rings (SSSR count). The van der Waals surface area contributed by atoms with Crippen molar-refractivity contribution in [3.8, 4) is 0 Å². The van der Waals surface area contributed by atoms with Gasteiger partial charge in [0, 0.05) is 31.7 Å². The first-order valence-electron chi connectivity index (χ1n) is 4.95. The van der Waals surface area contributed by atoms with Crippen LogP contribution in [0.5, 0.6) is 0 Å². The van der Waals surface area contributed by atoms with Crippen LogP contribution in [0.1, 0.15) is 5.56 Å². The summed E-state index contributed by atoms with van der Waals surface area (Å²) in [6.45, 7) is 0.669. The van der Waals surface area contributed by atoms with E-state index in [0.717, 1.165) is 11.3 Å². The summed E-state index contributed by atoms with van der Waals surface area (Å²) < 4.78 is 15.1. The first-order chi connectivity index (χ1) is 7.65. The van der Waals surface area contributed by atoms with Crippen molar-refractivity contribution < 1.29 is 4.39 Å². The van der Waals surface area contributed by atoms with E-state index in [2.05, 4.69) is 5.32 Å². The van der Waals surface area contributed by atoms with Crippen LogP contribution in [0.3, 0.4) is 0 Å². The molecule has 1 aromatic heterocycles. The molecule has 0 aliphatic rings. The molecule has 84 valence electrons. The van der Waals surface area contributed by atoms with Gasteiger partial charge in [-0.2, -0.15) is 0 Å². The van der Waals surface area contributed by atoms with Crippen LogP contribution in [0.4, 0.5) is 10.1 Å². The molecule has 0 saturated heterocycles. The van der Waals surface area contributed by atoms with E-state index in [1.54, 1.807) is 12.1 Å². The summed E-state index contributed by atoms with van der Waals surface area (Å²) in [5.41, 5.74) is 1.88. The summed E-state index contributed by atoms with van der Waals surface area (Å²) in [6.07, 6.45) is 3.98. The Morgan fingerprint density at radius 3 is 2.81 bits per heavy atom. The van der Waals surface area contributed by atoms with Gasteiger partial charge < -0.3 is 9.88 Å². The lowest BCUT2D eigenvalue weighted by Gasteiger charge is -2.05. The van der Waals surface area contributed by atoms with Gasteiger partial charge in [0.05, 0.1) is 5.02 Å². The van der Waals surface area contributed by atoms with Crippen molar-refractivity contribution in [2.24, 2.45) is 7.05 Å². The lowest BCUT2D eigenvalue weighted by atomic mass is 10.3. The molecule has 0 fully saturated rings. The molecule has 4 heteroatoms. The molecule has 2 aromatic rings. The van der Waals surface area contributed by atoms with Gasteiger partial charge in [0.2, 0.25) is 0 Å². The molecule has 0 saturated carbocycles. The van der Waals surface area contributed by atoms with Crippen molar-refractivity contribution in [2.75, 3.05) is 5.32 Å². The topological polar surface area (TPSA) is 17.0 Å². The number of aromatic nitrogens is 1. The van der Waals surface area contributed by atoms with Gasteiger partial charge in [-0.15, -0.1) is 0 Å². The highest BCUT2D eigenvalue weighted by Gasteiger charge is 2.01. The Labute approximate surface area is 98.7 Å². The standard InChI is InChI=1S/C12H12ClFN2/c1-16-5-4-9(8-16)7-15-10-2-3-11(13)12(14)6-10/h2-6,8,15H,7H2,1H3. The van der Waals surface area contributed by atoms with Crippen LogP contribution in [0.25, 0.3) is 0 Å². The van der Waals surface area contributed by atoms with Crippen molar-refractivity contribution >= 4 is 17.3 Å². The molecule has 0 spiro atoms. The summed E-state index contributed by atoms with van der Waals surface area (Å²) in [7, 11) is 1.96. The van der Waals surface area contributed by atoms with Crippen LogP contribution in [0.15, 0.2) is 36.7 Å². The van der Waals surface area contributed by atoms with Gasteiger partial charge in [-0.1, -0.05) is 11.6 Å². The minimum Gasteiger partial charge on any atom is -0.381 e. The number of hydrogen-bond donors (Lipinski definition) is 1. The quantitative estimate of drug-likeness (QED) is 0.867. The highest BCUT2D eigenvalue weighted by Crippen LogP contribution is 2.19. The maximum absolute atomic E-state index is 13.1. The van der Waals surface area contributed by atoms with E-state index >= 15 is 0 Å².